The van der Waals surface area contributed by atoms with Gasteiger partial charge in [0.25, 0.3) is 0 Å². The number of rotatable bonds is 3. The molecule has 15 heavy (non-hydrogen) atoms. The zero-order valence-corrected chi connectivity index (χ0v) is 9.46. The fourth-order valence-electron chi connectivity index (χ4n) is 1.56. The molecule has 0 N–H and O–H groups in total. The van der Waals surface area contributed by atoms with Gasteiger partial charge < -0.3 is 9.47 Å². The number of alkyl halides is 1. The molecular formula is C11H14ClNO2. The minimum absolute atomic E-state index is 0.161. The highest BCUT2D eigenvalue weighted by Gasteiger charge is 2.18. The molecule has 1 saturated heterocycles. The summed E-state index contributed by atoms with van der Waals surface area (Å²) in [7, 11) is 0. The Kier molecular flexibility index (Phi) is 3.44. The molecule has 0 bridgehead atoms. The number of hydrogen-bond acceptors (Lipinski definition) is 3. The first-order chi connectivity index (χ1) is 7.29. The van der Waals surface area contributed by atoms with E-state index < -0.39 is 0 Å². The van der Waals surface area contributed by atoms with Crippen LogP contribution in [-0.2, 0) is 10.6 Å². The summed E-state index contributed by atoms with van der Waals surface area (Å²) in [6.45, 7) is 3.39. The predicted molar refractivity (Wildman–Crippen MR) is 58.4 cm³/mol. The van der Waals surface area contributed by atoms with Crippen molar-refractivity contribution in [1.29, 1.82) is 0 Å². The van der Waals surface area contributed by atoms with Crippen LogP contribution in [-0.4, -0.2) is 24.3 Å². The average Bonchev–Trinajstić information content (AvgIpc) is 2.71. The number of halogens is 1. The lowest BCUT2D eigenvalue weighted by molar-refractivity contribution is 0.140. The molecule has 82 valence electrons. The zero-order chi connectivity index (χ0) is 10.7. The van der Waals surface area contributed by atoms with Crippen LogP contribution in [0.5, 0.6) is 5.75 Å². The van der Waals surface area contributed by atoms with Crippen molar-refractivity contribution in [3.8, 4) is 5.75 Å². The van der Waals surface area contributed by atoms with Crippen LogP contribution in [0.2, 0.25) is 0 Å². The normalized spacial score (nSPS) is 20.5. The second-order valence-electron chi connectivity index (χ2n) is 3.67. The fourth-order valence-corrected chi connectivity index (χ4v) is 1.76. The van der Waals surface area contributed by atoms with E-state index in [9.17, 15) is 0 Å². The quantitative estimate of drug-likeness (QED) is 0.743. The topological polar surface area (TPSA) is 31.4 Å². The number of nitrogens with zero attached hydrogens (tertiary/aromatic N) is 1. The monoisotopic (exact) mass is 227 g/mol. The average molecular weight is 228 g/mol. The van der Waals surface area contributed by atoms with Gasteiger partial charge >= 0.3 is 0 Å². The first-order valence-electron chi connectivity index (χ1n) is 5.05. The molecule has 0 aliphatic carbocycles. The molecule has 0 saturated carbocycles. The summed E-state index contributed by atoms with van der Waals surface area (Å²) >= 11 is 5.82. The van der Waals surface area contributed by atoms with E-state index in [0.717, 1.165) is 30.0 Å². The van der Waals surface area contributed by atoms with E-state index in [4.69, 9.17) is 21.1 Å². The summed E-state index contributed by atoms with van der Waals surface area (Å²) < 4.78 is 11.1. The van der Waals surface area contributed by atoms with Crippen LogP contribution in [0.4, 0.5) is 0 Å². The van der Waals surface area contributed by atoms with E-state index in [0.29, 0.717) is 12.5 Å². The number of aryl methyl sites for hydroxylation is 1. The van der Waals surface area contributed by atoms with Crippen LogP contribution in [0, 0.1) is 6.92 Å². The van der Waals surface area contributed by atoms with Crippen LogP contribution in [0.25, 0.3) is 0 Å². The SMILES string of the molecule is Cc1cc(OC2CCOC2)c(CCl)cn1. The predicted octanol–water partition coefficient (Wildman–Crippen LogP) is 2.30. The summed E-state index contributed by atoms with van der Waals surface area (Å²) in [5.41, 5.74) is 1.88. The smallest absolute Gasteiger partial charge is 0.127 e. The Hall–Kier alpha value is -0.800. The van der Waals surface area contributed by atoms with Crippen molar-refractivity contribution in [1.82, 2.24) is 4.98 Å². The minimum Gasteiger partial charge on any atom is -0.487 e. The van der Waals surface area contributed by atoms with Crippen LogP contribution >= 0.6 is 11.6 Å². The maximum atomic E-state index is 5.83. The summed E-state index contributed by atoms with van der Waals surface area (Å²) in [5.74, 6) is 1.27. The molecule has 4 heteroatoms. The lowest BCUT2D eigenvalue weighted by atomic mass is 10.2. The Morgan fingerprint density at radius 3 is 3.20 bits per heavy atom. The lowest BCUT2D eigenvalue weighted by Crippen LogP contribution is -2.16. The van der Waals surface area contributed by atoms with Crippen molar-refractivity contribution >= 4 is 11.6 Å². The highest BCUT2D eigenvalue weighted by Crippen LogP contribution is 2.23. The Morgan fingerprint density at radius 1 is 1.67 bits per heavy atom. The molecule has 1 atom stereocenters. The Bertz CT molecular complexity index is 337. The van der Waals surface area contributed by atoms with Crippen LogP contribution in [0.1, 0.15) is 17.7 Å². The Labute approximate surface area is 94.4 Å². The molecule has 3 nitrogen and oxygen atoms in total. The number of aromatic nitrogens is 1. The van der Waals surface area contributed by atoms with Gasteiger partial charge in [-0.1, -0.05) is 0 Å². The van der Waals surface area contributed by atoms with Gasteiger partial charge in [-0.25, -0.2) is 0 Å². The summed E-state index contributed by atoms with van der Waals surface area (Å²) in [4.78, 5) is 4.19. The first-order valence-corrected chi connectivity index (χ1v) is 5.59. The highest BCUT2D eigenvalue weighted by atomic mass is 35.5. The summed E-state index contributed by atoms with van der Waals surface area (Å²) in [5, 5.41) is 0. The molecule has 0 radical (unpaired) electrons. The molecule has 1 aromatic heterocycles. The van der Waals surface area contributed by atoms with E-state index in [-0.39, 0.29) is 6.10 Å². The van der Waals surface area contributed by atoms with E-state index >= 15 is 0 Å². The fraction of sp³-hybridized carbons (Fsp3) is 0.545. The van der Waals surface area contributed by atoms with Gasteiger partial charge in [-0.3, -0.25) is 4.98 Å². The van der Waals surface area contributed by atoms with E-state index in [1.165, 1.54) is 0 Å². The third kappa shape index (κ3) is 2.61. The van der Waals surface area contributed by atoms with Gasteiger partial charge in [-0.2, -0.15) is 0 Å². The molecule has 1 unspecified atom stereocenters. The van der Waals surface area contributed by atoms with Gasteiger partial charge in [-0.15, -0.1) is 11.6 Å². The Balaban J connectivity index is 2.14. The van der Waals surface area contributed by atoms with Crippen molar-refractivity contribution in [3.63, 3.8) is 0 Å². The van der Waals surface area contributed by atoms with Gasteiger partial charge in [0.05, 0.1) is 19.1 Å². The summed E-state index contributed by atoms with van der Waals surface area (Å²) in [6, 6.07) is 1.93. The Morgan fingerprint density at radius 2 is 2.53 bits per heavy atom. The number of pyridine rings is 1. The third-order valence-electron chi connectivity index (χ3n) is 2.41. The molecule has 0 spiro atoms. The molecular weight excluding hydrogens is 214 g/mol. The van der Waals surface area contributed by atoms with Crippen molar-refractivity contribution in [2.75, 3.05) is 13.2 Å². The van der Waals surface area contributed by atoms with Gasteiger partial charge in [-0.05, 0) is 6.92 Å². The van der Waals surface area contributed by atoms with Crippen molar-refractivity contribution in [3.05, 3.63) is 23.5 Å². The molecule has 0 amide bonds. The summed E-state index contributed by atoms with van der Waals surface area (Å²) in [6.07, 6.45) is 2.88. The van der Waals surface area contributed by atoms with Gasteiger partial charge in [0.15, 0.2) is 0 Å². The first kappa shape index (κ1) is 10.7. The maximum absolute atomic E-state index is 5.83. The third-order valence-corrected chi connectivity index (χ3v) is 2.69. The second kappa shape index (κ2) is 4.81. The number of hydrogen-bond donors (Lipinski definition) is 0. The van der Waals surface area contributed by atoms with E-state index in [2.05, 4.69) is 4.98 Å². The second-order valence-corrected chi connectivity index (χ2v) is 3.94. The van der Waals surface area contributed by atoms with E-state index in [1.54, 1.807) is 6.20 Å². The number of ether oxygens (including phenoxy) is 2. The molecule has 1 fully saturated rings. The molecule has 1 aliphatic rings. The molecule has 2 rings (SSSR count). The van der Waals surface area contributed by atoms with Gasteiger partial charge in [0, 0.05) is 29.9 Å². The molecule has 2 heterocycles. The largest absolute Gasteiger partial charge is 0.487 e. The van der Waals surface area contributed by atoms with Crippen molar-refractivity contribution < 1.29 is 9.47 Å². The zero-order valence-electron chi connectivity index (χ0n) is 8.70. The van der Waals surface area contributed by atoms with Gasteiger partial charge in [0.1, 0.15) is 11.9 Å². The maximum Gasteiger partial charge on any atom is 0.127 e. The lowest BCUT2D eigenvalue weighted by Gasteiger charge is -2.14. The van der Waals surface area contributed by atoms with Gasteiger partial charge in [0.2, 0.25) is 0 Å². The highest BCUT2D eigenvalue weighted by molar-refractivity contribution is 6.17. The minimum atomic E-state index is 0.161. The van der Waals surface area contributed by atoms with Crippen LogP contribution in [0.15, 0.2) is 12.3 Å². The molecule has 0 aromatic carbocycles. The molecule has 1 aromatic rings. The van der Waals surface area contributed by atoms with Crippen LogP contribution in [0.3, 0.4) is 0 Å². The van der Waals surface area contributed by atoms with Crippen LogP contribution < -0.4 is 4.74 Å². The van der Waals surface area contributed by atoms with Crippen molar-refractivity contribution in [2.24, 2.45) is 0 Å². The standard InChI is InChI=1S/C11H14ClNO2/c1-8-4-11(9(5-12)6-13-8)15-10-2-3-14-7-10/h4,6,10H,2-3,5,7H2,1H3. The molecule has 1 aliphatic heterocycles. The van der Waals surface area contributed by atoms with E-state index in [1.807, 2.05) is 13.0 Å². The van der Waals surface area contributed by atoms with Crippen molar-refractivity contribution in [2.45, 2.75) is 25.3 Å².